The minimum atomic E-state index is -3.48. The average molecular weight is 255 g/mol. The van der Waals surface area contributed by atoms with Gasteiger partial charge in [-0.25, -0.2) is 8.42 Å². The molecule has 1 heterocycles. The highest BCUT2D eigenvalue weighted by Crippen LogP contribution is 2.43. The molecule has 2 aromatic carbocycles. The van der Waals surface area contributed by atoms with E-state index in [4.69, 9.17) is 6.42 Å². The Balaban J connectivity index is 2.45. The summed E-state index contributed by atoms with van der Waals surface area (Å²) in [5.74, 6) is 0. The first-order chi connectivity index (χ1) is 8.66. The highest BCUT2D eigenvalue weighted by atomic mass is 32.2. The lowest BCUT2D eigenvalue weighted by atomic mass is 10.2. The predicted molar refractivity (Wildman–Crippen MR) is 69.3 cm³/mol. The summed E-state index contributed by atoms with van der Waals surface area (Å²) in [5.41, 5.74) is 1.05. The normalized spacial score (nSPS) is 15.4. The topological polar surface area (TPSA) is 37.4 Å². The summed E-state index contributed by atoms with van der Waals surface area (Å²) in [7, 11) is -3.48. The second-order valence-corrected chi connectivity index (χ2v) is 5.79. The van der Waals surface area contributed by atoms with Gasteiger partial charge in [0.25, 0.3) is 0 Å². The molecule has 0 amide bonds. The summed E-state index contributed by atoms with van der Waals surface area (Å²) < 4.78 is 24.9. The van der Waals surface area contributed by atoms with Crippen LogP contribution in [0.3, 0.4) is 0 Å². The first-order valence-electron chi connectivity index (χ1n) is 5.36. The Bertz CT molecular complexity index is 719. The fraction of sp³-hybridized carbons (Fsp3) is 0. The van der Waals surface area contributed by atoms with E-state index >= 15 is 0 Å². The number of para-hydroxylation sites is 2. The third-order valence-electron chi connectivity index (χ3n) is 2.92. The van der Waals surface area contributed by atoms with Gasteiger partial charge in [-0.1, -0.05) is 30.7 Å². The number of rotatable bonds is 0. The average Bonchev–Trinajstić information content (AvgIpc) is 2.40. The van der Waals surface area contributed by atoms with Crippen LogP contribution in [0.2, 0.25) is 0 Å². The van der Waals surface area contributed by atoms with Crippen LogP contribution in [0, 0.1) is 12.5 Å². The van der Waals surface area contributed by atoms with Crippen LogP contribution in [0.5, 0.6) is 0 Å². The maximum absolute atomic E-state index is 12.5. The number of nitrogens with zero attached hydrogens (tertiary/aromatic N) is 1. The monoisotopic (exact) mass is 255 g/mol. The standard InChI is InChI=1S/C14H9NO2S/c1-2-15-11-7-3-5-9-13(11)18(16,17)14-10-6-4-8-12(14)15/h1,3-10H. The van der Waals surface area contributed by atoms with Gasteiger partial charge in [0.15, 0.2) is 0 Å². The van der Waals surface area contributed by atoms with Crippen molar-refractivity contribution < 1.29 is 8.42 Å². The Kier molecular flexibility index (Phi) is 2.19. The van der Waals surface area contributed by atoms with Gasteiger partial charge in [-0.15, -0.1) is 0 Å². The maximum Gasteiger partial charge on any atom is 0.210 e. The van der Waals surface area contributed by atoms with E-state index in [2.05, 4.69) is 6.04 Å². The molecule has 3 nitrogen and oxygen atoms in total. The van der Waals surface area contributed by atoms with E-state index in [1.54, 1.807) is 53.4 Å². The van der Waals surface area contributed by atoms with Gasteiger partial charge in [-0.05, 0) is 24.3 Å². The lowest BCUT2D eigenvalue weighted by Crippen LogP contribution is -2.21. The third kappa shape index (κ3) is 1.28. The molecule has 0 bridgehead atoms. The SMILES string of the molecule is C#CN1c2ccccc2S(=O)(=O)c2ccccc21. The second-order valence-electron chi connectivity index (χ2n) is 3.90. The molecule has 0 radical (unpaired) electrons. The van der Waals surface area contributed by atoms with Gasteiger partial charge in [0.2, 0.25) is 9.84 Å². The highest BCUT2D eigenvalue weighted by molar-refractivity contribution is 7.92. The number of fused-ring (bicyclic) bond motifs is 2. The Labute approximate surface area is 106 Å². The molecule has 0 spiro atoms. The molecule has 1 aliphatic heterocycles. The molecule has 4 heteroatoms. The van der Waals surface area contributed by atoms with Crippen molar-refractivity contribution >= 4 is 21.2 Å². The lowest BCUT2D eigenvalue weighted by Gasteiger charge is -2.27. The molecule has 0 fully saturated rings. The largest absolute Gasteiger partial charge is 0.267 e. The van der Waals surface area contributed by atoms with Crippen molar-refractivity contribution in [3.05, 3.63) is 48.5 Å². The van der Waals surface area contributed by atoms with Crippen molar-refractivity contribution in [2.75, 3.05) is 4.90 Å². The molecule has 0 aliphatic carbocycles. The van der Waals surface area contributed by atoms with Crippen molar-refractivity contribution in [2.24, 2.45) is 0 Å². The summed E-state index contributed by atoms with van der Waals surface area (Å²) in [6, 6.07) is 16.0. The summed E-state index contributed by atoms with van der Waals surface area (Å²) in [6.07, 6.45) is 5.50. The quantitative estimate of drug-likeness (QED) is 0.679. The van der Waals surface area contributed by atoms with Crippen LogP contribution in [-0.2, 0) is 9.84 Å². The van der Waals surface area contributed by atoms with Gasteiger partial charge in [0.05, 0.1) is 21.2 Å². The van der Waals surface area contributed by atoms with Crippen LogP contribution in [0.1, 0.15) is 0 Å². The fourth-order valence-electron chi connectivity index (χ4n) is 2.13. The van der Waals surface area contributed by atoms with Crippen molar-refractivity contribution in [1.82, 2.24) is 0 Å². The van der Waals surface area contributed by atoms with Crippen LogP contribution in [-0.4, -0.2) is 8.42 Å². The molecule has 2 aromatic rings. The molecule has 1 aliphatic rings. The molecular weight excluding hydrogens is 246 g/mol. The summed E-state index contributed by atoms with van der Waals surface area (Å²) in [5, 5.41) is 0. The first kappa shape index (κ1) is 10.9. The fourth-order valence-corrected chi connectivity index (χ4v) is 3.75. The Morgan fingerprint density at radius 1 is 0.889 bits per heavy atom. The molecule has 88 valence electrons. The number of anilines is 2. The van der Waals surface area contributed by atoms with E-state index in [0.29, 0.717) is 11.4 Å². The number of sulfone groups is 1. The van der Waals surface area contributed by atoms with Crippen molar-refractivity contribution in [2.45, 2.75) is 9.79 Å². The molecule has 0 atom stereocenters. The van der Waals surface area contributed by atoms with Gasteiger partial charge in [0.1, 0.15) is 0 Å². The maximum atomic E-state index is 12.5. The van der Waals surface area contributed by atoms with Crippen LogP contribution in [0.25, 0.3) is 0 Å². The molecular formula is C14H9NO2S. The number of hydrogen-bond acceptors (Lipinski definition) is 3. The molecule has 0 unspecified atom stereocenters. The summed E-state index contributed by atoms with van der Waals surface area (Å²) in [4.78, 5) is 2.06. The van der Waals surface area contributed by atoms with Gasteiger partial charge in [0, 0.05) is 6.04 Å². The molecule has 18 heavy (non-hydrogen) atoms. The minimum Gasteiger partial charge on any atom is -0.267 e. The Hall–Kier alpha value is -2.25. The summed E-state index contributed by atoms with van der Waals surface area (Å²) >= 11 is 0. The van der Waals surface area contributed by atoms with E-state index < -0.39 is 9.84 Å². The number of terminal acetylenes is 1. The smallest absolute Gasteiger partial charge is 0.210 e. The lowest BCUT2D eigenvalue weighted by molar-refractivity contribution is 0.595. The number of benzene rings is 2. The molecule has 0 saturated heterocycles. The van der Waals surface area contributed by atoms with E-state index in [1.807, 2.05) is 0 Å². The van der Waals surface area contributed by atoms with Crippen molar-refractivity contribution in [3.63, 3.8) is 0 Å². The molecule has 0 saturated carbocycles. The summed E-state index contributed by atoms with van der Waals surface area (Å²) in [6.45, 7) is 0. The second kappa shape index (κ2) is 3.62. The highest BCUT2D eigenvalue weighted by Gasteiger charge is 2.32. The molecule has 3 rings (SSSR count). The van der Waals surface area contributed by atoms with Gasteiger partial charge in [-0.2, -0.15) is 0 Å². The number of hydrogen-bond donors (Lipinski definition) is 0. The van der Waals surface area contributed by atoms with Crippen molar-refractivity contribution in [3.8, 4) is 12.5 Å². The zero-order valence-corrected chi connectivity index (χ0v) is 10.2. The first-order valence-corrected chi connectivity index (χ1v) is 6.84. The third-order valence-corrected chi connectivity index (χ3v) is 4.77. The van der Waals surface area contributed by atoms with Gasteiger partial charge >= 0.3 is 0 Å². The van der Waals surface area contributed by atoms with E-state index in [-0.39, 0.29) is 9.79 Å². The van der Waals surface area contributed by atoms with Crippen molar-refractivity contribution in [1.29, 1.82) is 0 Å². The zero-order valence-electron chi connectivity index (χ0n) is 9.37. The Morgan fingerprint density at radius 2 is 1.33 bits per heavy atom. The van der Waals surface area contributed by atoms with E-state index in [1.165, 1.54) is 0 Å². The molecule has 0 N–H and O–H groups in total. The predicted octanol–water partition coefficient (Wildman–Crippen LogP) is 2.56. The van der Waals surface area contributed by atoms with Gasteiger partial charge in [-0.3, -0.25) is 4.90 Å². The van der Waals surface area contributed by atoms with Crippen LogP contribution < -0.4 is 4.90 Å². The van der Waals surface area contributed by atoms with E-state index in [0.717, 1.165) is 0 Å². The Morgan fingerprint density at radius 3 is 1.78 bits per heavy atom. The molecule has 0 aromatic heterocycles. The minimum absolute atomic E-state index is 0.252. The van der Waals surface area contributed by atoms with Crippen LogP contribution >= 0.6 is 0 Å². The zero-order chi connectivity index (χ0) is 12.8. The van der Waals surface area contributed by atoms with Crippen LogP contribution in [0.4, 0.5) is 11.4 Å². The van der Waals surface area contributed by atoms with Crippen LogP contribution in [0.15, 0.2) is 58.3 Å². The van der Waals surface area contributed by atoms with E-state index in [9.17, 15) is 8.42 Å². The van der Waals surface area contributed by atoms with Gasteiger partial charge < -0.3 is 0 Å².